The van der Waals surface area contributed by atoms with E-state index in [0.717, 1.165) is 6.33 Å². The number of hydrogen-bond acceptors (Lipinski definition) is 18. The minimum absolute atomic E-state index is 0.0517. The number of nitrogens with two attached hydrogens (primary N) is 1. The first-order valence-corrected chi connectivity index (χ1v) is 13.8. The Morgan fingerprint density at radius 1 is 1.03 bits per heavy atom. The second-order valence-electron chi connectivity index (χ2n) is 8.30. The van der Waals surface area contributed by atoms with Crippen molar-refractivity contribution >= 4 is 39.8 Å². The average Bonchev–Trinajstić information content (AvgIpc) is 3.39. The lowest BCUT2D eigenvalue weighted by atomic mass is 10.00. The van der Waals surface area contributed by atoms with E-state index in [9.17, 15) is 39.6 Å². The number of nitrogens with zero attached hydrogens (tertiary/aromatic N) is 4. The summed E-state index contributed by atoms with van der Waals surface area (Å²) in [6.07, 6.45) is -13.1. The van der Waals surface area contributed by atoms with E-state index in [-0.39, 0.29) is 17.0 Å². The highest BCUT2D eigenvalue weighted by Gasteiger charge is 2.46. The summed E-state index contributed by atoms with van der Waals surface area (Å²) in [5, 5.41) is 59.3. The summed E-state index contributed by atoms with van der Waals surface area (Å²) in [6.45, 7) is -1.72. The fourth-order valence-corrected chi connectivity index (χ4v) is 6.04. The van der Waals surface area contributed by atoms with Gasteiger partial charge in [-0.1, -0.05) is 0 Å². The highest BCUT2D eigenvalue weighted by molar-refractivity contribution is 7.83. The number of imidazole rings is 1. The van der Waals surface area contributed by atoms with Crippen molar-refractivity contribution in [2.75, 3.05) is 18.9 Å². The summed E-state index contributed by atoms with van der Waals surface area (Å²) < 4.78 is 49.8. The maximum absolute atomic E-state index is 12.5. The summed E-state index contributed by atoms with van der Waals surface area (Å²) in [7, 11) is -5.39. The van der Waals surface area contributed by atoms with E-state index in [4.69, 9.17) is 32.4 Å². The molecule has 3 radical (unpaired) electrons. The molecule has 2 aromatic rings. The van der Waals surface area contributed by atoms with Crippen molar-refractivity contribution in [1.29, 1.82) is 0 Å². The van der Waals surface area contributed by atoms with Gasteiger partial charge in [0.25, 0.3) is 7.82 Å². The zero-order chi connectivity index (χ0) is 28.0. The fourth-order valence-electron chi connectivity index (χ4n) is 3.79. The van der Waals surface area contributed by atoms with Crippen LogP contribution >= 0.6 is 15.3 Å². The van der Waals surface area contributed by atoms with E-state index < -0.39 is 83.8 Å². The van der Waals surface area contributed by atoms with Crippen LogP contribution in [-0.4, -0.2) is 120 Å². The molecule has 2 saturated heterocycles. The molecule has 0 amide bonds. The standard InChI is InChI=1S/C16H24BN5O14P2/c17-37(29,36-38(30,31)35-16-12(28)10(26)8(24)5(1-23)34-16)32-2-6-9(25)11(27)15(33-6)22-4-21-7-13(18)19-3-20-14(7)22/h3-6,8-12,15-16,23-28H,1-2H2,(H,30,31)(H2,18,19,20)/q-1/p-1/t5?,6-,8+,9+,10+,11?,12?,15-,16+,37?/m1/s1. The van der Waals surface area contributed by atoms with Crippen molar-refractivity contribution < 1.29 is 67.5 Å². The summed E-state index contributed by atoms with van der Waals surface area (Å²) in [5.74, 6) is 0.0517. The molecule has 2 fully saturated rings. The molecule has 22 heteroatoms. The van der Waals surface area contributed by atoms with Crippen LogP contribution in [0.1, 0.15) is 6.23 Å². The molecule has 0 saturated carbocycles. The number of rotatable bonds is 9. The Labute approximate surface area is 214 Å². The average molecular weight is 582 g/mol. The second kappa shape index (κ2) is 11.1. The molecule has 19 nitrogen and oxygen atoms in total. The Kier molecular flexibility index (Phi) is 8.59. The number of nitrogen functional groups attached to an aromatic ring is 1. The topological polar surface area (TPSA) is 294 Å². The largest absolute Gasteiger partial charge is 0.756 e. The Morgan fingerprint density at radius 2 is 1.71 bits per heavy atom. The van der Waals surface area contributed by atoms with Crippen molar-refractivity contribution in [3.63, 3.8) is 0 Å². The molecule has 2 aliphatic rings. The molecular formula is C16H23BN5O14P2-2. The Hall–Kier alpha value is -1.61. The molecule has 4 heterocycles. The molecule has 5 unspecified atom stereocenters. The molecule has 8 N–H and O–H groups in total. The first-order valence-electron chi connectivity index (χ1n) is 10.7. The predicted molar refractivity (Wildman–Crippen MR) is 119 cm³/mol. The molecule has 211 valence electrons. The molecule has 4 rings (SSSR count). The number of aliphatic hydroxyl groups excluding tert-OH is 6. The van der Waals surface area contributed by atoms with Gasteiger partial charge in [-0.15, -0.1) is 0 Å². The maximum Gasteiger partial charge on any atom is 0.274 e. The third-order valence-corrected chi connectivity index (χ3v) is 8.40. The van der Waals surface area contributed by atoms with Gasteiger partial charge in [0.1, 0.15) is 54.6 Å². The van der Waals surface area contributed by atoms with Crippen molar-refractivity contribution in [1.82, 2.24) is 19.5 Å². The van der Waals surface area contributed by atoms with E-state index in [1.807, 2.05) is 0 Å². The molecule has 0 aliphatic carbocycles. The molecule has 0 spiro atoms. The first kappa shape index (κ1) is 29.4. The number of fused-ring (bicyclic) bond motifs is 1. The van der Waals surface area contributed by atoms with Crippen molar-refractivity contribution in [3.8, 4) is 0 Å². The second-order valence-corrected chi connectivity index (χ2v) is 11.4. The number of anilines is 1. The Bertz CT molecular complexity index is 1240. The monoisotopic (exact) mass is 582 g/mol. The van der Waals surface area contributed by atoms with Gasteiger partial charge in [0.05, 0.1) is 27.0 Å². The Balaban J connectivity index is 1.38. The van der Waals surface area contributed by atoms with Gasteiger partial charge in [-0.2, -0.15) is 0 Å². The van der Waals surface area contributed by atoms with E-state index in [1.165, 1.54) is 10.9 Å². The first-order chi connectivity index (χ1) is 17.7. The van der Waals surface area contributed by atoms with Crippen LogP contribution in [0.2, 0.25) is 0 Å². The number of phosphoric ester groups is 1. The summed E-state index contributed by atoms with van der Waals surface area (Å²) in [6, 6.07) is 0. The predicted octanol–water partition coefficient (Wildman–Crippen LogP) is -4.38. The van der Waals surface area contributed by atoms with Gasteiger partial charge in [0.2, 0.25) is 0 Å². The quantitative estimate of drug-likeness (QED) is 0.108. The van der Waals surface area contributed by atoms with Crippen LogP contribution < -0.4 is 10.6 Å². The minimum atomic E-state index is -5.69. The van der Waals surface area contributed by atoms with Crippen LogP contribution in [0.5, 0.6) is 0 Å². The van der Waals surface area contributed by atoms with Crippen LogP contribution in [0.3, 0.4) is 0 Å². The van der Waals surface area contributed by atoms with Crippen LogP contribution in [0, 0.1) is 0 Å². The minimum Gasteiger partial charge on any atom is -0.756 e. The number of aromatic nitrogens is 4. The maximum atomic E-state index is 12.5. The van der Waals surface area contributed by atoms with Crippen molar-refractivity contribution in [2.24, 2.45) is 0 Å². The van der Waals surface area contributed by atoms with Gasteiger partial charge in [-0.3, -0.25) is 18.0 Å². The number of hydrogen-bond donors (Lipinski definition) is 7. The van der Waals surface area contributed by atoms with Crippen LogP contribution in [0.25, 0.3) is 11.2 Å². The zero-order valence-electron chi connectivity index (χ0n) is 19.1. The van der Waals surface area contributed by atoms with Gasteiger partial charge in [-0.05, 0) is 0 Å². The number of ether oxygens (including phenoxy) is 2. The highest BCUT2D eigenvalue weighted by Crippen LogP contribution is 2.59. The Morgan fingerprint density at radius 3 is 2.39 bits per heavy atom. The summed E-state index contributed by atoms with van der Waals surface area (Å²) >= 11 is 0. The smallest absolute Gasteiger partial charge is 0.274 e. The fraction of sp³-hybridized carbons (Fsp3) is 0.688. The van der Waals surface area contributed by atoms with Crippen LogP contribution in [0.4, 0.5) is 5.82 Å². The van der Waals surface area contributed by atoms with Gasteiger partial charge >= 0.3 is 0 Å². The summed E-state index contributed by atoms with van der Waals surface area (Å²) in [4.78, 5) is 24.0. The molecule has 38 heavy (non-hydrogen) atoms. The lowest BCUT2D eigenvalue weighted by molar-refractivity contribution is -0.301. The molecule has 2 aromatic heterocycles. The molecular weight excluding hydrogens is 559 g/mol. The van der Waals surface area contributed by atoms with E-state index in [0.29, 0.717) is 0 Å². The SMILES string of the molecule is [B-]P(=O)(OC[C@H]1O[C@@H](n2cnc3c(N)ncnc32)C(O)[C@H]1O)OP(=O)([O-])O[C@@H]1OC(CO)[C@H](O)[C@H](O)C1O. The molecule has 11 atom stereocenters. The molecule has 2 aliphatic heterocycles. The van der Waals surface area contributed by atoms with E-state index >= 15 is 0 Å². The van der Waals surface area contributed by atoms with Crippen LogP contribution in [-0.2, 0) is 32.0 Å². The van der Waals surface area contributed by atoms with Crippen LogP contribution in [0.15, 0.2) is 12.7 Å². The lowest BCUT2D eigenvalue weighted by Crippen LogP contribution is -2.59. The number of aliphatic hydroxyl groups is 6. The molecule has 0 bridgehead atoms. The number of phosphoric acid groups is 1. The highest BCUT2D eigenvalue weighted by atomic mass is 31.3. The van der Waals surface area contributed by atoms with Crippen molar-refractivity contribution in [2.45, 2.75) is 55.2 Å². The van der Waals surface area contributed by atoms with Gasteiger partial charge < -0.3 is 67.4 Å². The van der Waals surface area contributed by atoms with E-state index in [1.54, 1.807) is 0 Å². The molecule has 0 aromatic carbocycles. The summed E-state index contributed by atoms with van der Waals surface area (Å²) in [5.41, 5.74) is 6.09. The van der Waals surface area contributed by atoms with Gasteiger partial charge in [0.15, 0.2) is 24.0 Å². The zero-order valence-corrected chi connectivity index (χ0v) is 20.8. The van der Waals surface area contributed by atoms with Gasteiger partial charge in [-0.25, -0.2) is 15.0 Å². The normalized spacial score (nSPS) is 37.2. The van der Waals surface area contributed by atoms with Gasteiger partial charge in [0, 0.05) is 0 Å². The van der Waals surface area contributed by atoms with Crippen molar-refractivity contribution in [3.05, 3.63) is 12.7 Å². The third kappa shape index (κ3) is 5.93. The van der Waals surface area contributed by atoms with E-state index in [2.05, 4.69) is 23.8 Å². The third-order valence-electron chi connectivity index (χ3n) is 5.71. The lowest BCUT2D eigenvalue weighted by Gasteiger charge is -2.42.